The van der Waals surface area contributed by atoms with Gasteiger partial charge in [0.2, 0.25) is 0 Å². The lowest BCUT2D eigenvalue weighted by Gasteiger charge is -2.08. The fourth-order valence-electron chi connectivity index (χ4n) is 2.02. The summed E-state index contributed by atoms with van der Waals surface area (Å²) in [5.74, 6) is 0. The van der Waals surface area contributed by atoms with Crippen molar-refractivity contribution in [2.24, 2.45) is 0 Å². The predicted molar refractivity (Wildman–Crippen MR) is 64.8 cm³/mol. The van der Waals surface area contributed by atoms with Gasteiger partial charge in [0.05, 0.1) is 29.5 Å². The van der Waals surface area contributed by atoms with Crippen LogP contribution in [-0.4, -0.2) is 16.4 Å². The second-order valence-corrected chi connectivity index (χ2v) is 4.37. The Morgan fingerprint density at radius 2 is 2.18 bits per heavy atom. The zero-order chi connectivity index (χ0) is 11.8. The molecule has 88 valence electrons. The molecule has 0 radical (unpaired) electrons. The van der Waals surface area contributed by atoms with E-state index in [0.29, 0.717) is 29.5 Å². The molecule has 3 rings (SSSR count). The molecule has 0 aliphatic carbocycles. The van der Waals surface area contributed by atoms with Gasteiger partial charge in [0.25, 0.3) is 5.56 Å². The maximum absolute atomic E-state index is 12.2. The number of hydrogen-bond acceptors (Lipinski definition) is 2. The Morgan fingerprint density at radius 1 is 1.35 bits per heavy atom. The highest BCUT2D eigenvalue weighted by Gasteiger charge is 2.19. The molecule has 1 aromatic carbocycles. The molecular formula is C12H11ClN2O2. The van der Waals surface area contributed by atoms with Gasteiger partial charge < -0.3 is 4.74 Å². The van der Waals surface area contributed by atoms with E-state index in [1.165, 1.54) is 4.68 Å². The monoisotopic (exact) mass is 250 g/mol. The molecule has 0 spiro atoms. The summed E-state index contributed by atoms with van der Waals surface area (Å²) in [5.41, 5.74) is 2.25. The smallest absolute Gasteiger partial charge is 0.277 e. The summed E-state index contributed by atoms with van der Waals surface area (Å²) in [5, 5.41) is 3.65. The van der Waals surface area contributed by atoms with Crippen LogP contribution in [0.15, 0.2) is 29.1 Å². The van der Waals surface area contributed by atoms with E-state index in [4.69, 9.17) is 16.3 Å². The number of hydrogen-bond donors (Lipinski definition) is 1. The minimum Gasteiger partial charge on any atom is -0.376 e. The van der Waals surface area contributed by atoms with Crippen molar-refractivity contribution in [3.8, 4) is 5.69 Å². The van der Waals surface area contributed by atoms with Gasteiger partial charge in [-0.2, -0.15) is 0 Å². The van der Waals surface area contributed by atoms with E-state index in [-0.39, 0.29) is 5.56 Å². The van der Waals surface area contributed by atoms with E-state index in [1.807, 2.05) is 18.2 Å². The Labute approximate surface area is 103 Å². The van der Waals surface area contributed by atoms with Gasteiger partial charge in [0, 0.05) is 12.1 Å². The number of fused-ring (bicyclic) bond motifs is 1. The van der Waals surface area contributed by atoms with Crippen molar-refractivity contribution in [1.82, 2.24) is 9.78 Å². The van der Waals surface area contributed by atoms with Gasteiger partial charge in [-0.1, -0.05) is 23.7 Å². The van der Waals surface area contributed by atoms with Crippen LogP contribution in [-0.2, 0) is 17.8 Å². The third-order valence-electron chi connectivity index (χ3n) is 2.91. The number of H-pyrrole nitrogens is 1. The molecule has 0 fully saturated rings. The van der Waals surface area contributed by atoms with Crippen LogP contribution < -0.4 is 5.56 Å². The molecule has 1 aliphatic rings. The molecular weight excluding hydrogens is 240 g/mol. The Hall–Kier alpha value is -1.52. The zero-order valence-electron chi connectivity index (χ0n) is 9.07. The third-order valence-corrected chi connectivity index (χ3v) is 3.23. The van der Waals surface area contributed by atoms with E-state index in [2.05, 4.69) is 5.10 Å². The molecule has 17 heavy (non-hydrogen) atoms. The number of nitrogens with zero attached hydrogens (tertiary/aromatic N) is 1. The van der Waals surface area contributed by atoms with Gasteiger partial charge >= 0.3 is 0 Å². The molecule has 1 aromatic heterocycles. The van der Waals surface area contributed by atoms with Gasteiger partial charge in [-0.15, -0.1) is 0 Å². The summed E-state index contributed by atoms with van der Waals surface area (Å²) in [6.07, 6.45) is 0.738. The van der Waals surface area contributed by atoms with Crippen LogP contribution in [0.3, 0.4) is 0 Å². The van der Waals surface area contributed by atoms with E-state index in [0.717, 1.165) is 12.1 Å². The second kappa shape index (κ2) is 4.05. The van der Waals surface area contributed by atoms with Crippen molar-refractivity contribution in [3.63, 3.8) is 0 Å². The van der Waals surface area contributed by atoms with Crippen LogP contribution in [0.4, 0.5) is 0 Å². The molecule has 1 aliphatic heterocycles. The van der Waals surface area contributed by atoms with Gasteiger partial charge in [-0.05, 0) is 12.1 Å². The normalized spacial score (nSPS) is 14.6. The van der Waals surface area contributed by atoms with Crippen LogP contribution in [0.1, 0.15) is 11.3 Å². The van der Waals surface area contributed by atoms with Crippen molar-refractivity contribution < 1.29 is 4.74 Å². The van der Waals surface area contributed by atoms with Crippen LogP contribution >= 0.6 is 11.6 Å². The van der Waals surface area contributed by atoms with Crippen molar-refractivity contribution in [3.05, 3.63) is 50.9 Å². The van der Waals surface area contributed by atoms with E-state index < -0.39 is 0 Å². The van der Waals surface area contributed by atoms with E-state index in [1.54, 1.807) is 6.07 Å². The Morgan fingerprint density at radius 3 is 2.94 bits per heavy atom. The maximum Gasteiger partial charge on any atom is 0.277 e. The number of halogens is 1. The molecule has 2 aromatic rings. The van der Waals surface area contributed by atoms with Crippen LogP contribution in [0.25, 0.3) is 5.69 Å². The molecule has 5 heteroatoms. The van der Waals surface area contributed by atoms with E-state index in [9.17, 15) is 4.79 Å². The maximum atomic E-state index is 12.2. The first kappa shape index (κ1) is 10.6. The fourth-order valence-corrected chi connectivity index (χ4v) is 2.24. The Kier molecular flexibility index (Phi) is 2.53. The number of aromatic nitrogens is 2. The summed E-state index contributed by atoms with van der Waals surface area (Å²) in [6, 6.07) is 7.26. The number of ether oxygens (including phenoxy) is 1. The van der Waals surface area contributed by atoms with Crippen LogP contribution in [0.2, 0.25) is 5.02 Å². The number of para-hydroxylation sites is 1. The standard InChI is InChI=1S/C12H11ClN2O2/c13-9-3-1-2-4-11(9)15-12(16)8-7-17-6-5-10(8)14-15/h1-4,14H,5-7H2. The largest absolute Gasteiger partial charge is 0.376 e. The first-order chi connectivity index (χ1) is 8.27. The SMILES string of the molecule is O=c1c2c([nH]n1-c1ccccc1Cl)CCOC2. The minimum absolute atomic E-state index is 0.0761. The Bertz CT molecular complexity index is 615. The molecule has 0 saturated heterocycles. The van der Waals surface area contributed by atoms with Gasteiger partial charge in [0.15, 0.2) is 0 Å². The van der Waals surface area contributed by atoms with Crippen molar-refractivity contribution in [2.75, 3.05) is 6.61 Å². The molecule has 0 bridgehead atoms. The lowest BCUT2D eigenvalue weighted by atomic mass is 10.2. The highest BCUT2D eigenvalue weighted by atomic mass is 35.5. The average Bonchev–Trinajstić information content (AvgIpc) is 2.68. The third kappa shape index (κ3) is 1.69. The van der Waals surface area contributed by atoms with Crippen molar-refractivity contribution in [2.45, 2.75) is 13.0 Å². The lowest BCUT2D eigenvalue weighted by Crippen LogP contribution is -2.19. The first-order valence-electron chi connectivity index (χ1n) is 5.43. The van der Waals surface area contributed by atoms with Crippen LogP contribution in [0.5, 0.6) is 0 Å². The quantitative estimate of drug-likeness (QED) is 0.840. The first-order valence-corrected chi connectivity index (χ1v) is 5.80. The summed E-state index contributed by atoms with van der Waals surface area (Å²) in [7, 11) is 0. The number of benzene rings is 1. The highest BCUT2D eigenvalue weighted by molar-refractivity contribution is 6.32. The van der Waals surface area contributed by atoms with Gasteiger partial charge in [-0.3, -0.25) is 9.89 Å². The molecule has 4 nitrogen and oxygen atoms in total. The minimum atomic E-state index is -0.0761. The zero-order valence-corrected chi connectivity index (χ0v) is 9.83. The van der Waals surface area contributed by atoms with Gasteiger partial charge in [0.1, 0.15) is 0 Å². The molecule has 1 N–H and O–H groups in total. The van der Waals surface area contributed by atoms with Crippen molar-refractivity contribution in [1.29, 1.82) is 0 Å². The summed E-state index contributed by atoms with van der Waals surface area (Å²) in [4.78, 5) is 12.2. The summed E-state index contributed by atoms with van der Waals surface area (Å²) >= 11 is 6.08. The number of nitrogens with one attached hydrogen (secondary N) is 1. The highest BCUT2D eigenvalue weighted by Crippen LogP contribution is 2.19. The number of rotatable bonds is 1. The summed E-state index contributed by atoms with van der Waals surface area (Å²) in [6.45, 7) is 1.03. The molecule has 0 atom stereocenters. The van der Waals surface area contributed by atoms with E-state index >= 15 is 0 Å². The van der Waals surface area contributed by atoms with Crippen LogP contribution in [0, 0.1) is 0 Å². The summed E-state index contributed by atoms with van der Waals surface area (Å²) < 4.78 is 6.78. The molecule has 0 unspecified atom stereocenters. The molecule has 0 saturated carbocycles. The second-order valence-electron chi connectivity index (χ2n) is 3.96. The Balaban J connectivity index is 2.20. The molecule has 2 heterocycles. The molecule has 0 amide bonds. The van der Waals surface area contributed by atoms with Crippen molar-refractivity contribution >= 4 is 11.6 Å². The number of aromatic amines is 1. The average molecular weight is 251 g/mol. The lowest BCUT2D eigenvalue weighted by molar-refractivity contribution is 0.109. The topological polar surface area (TPSA) is 47.0 Å². The predicted octanol–water partition coefficient (Wildman–Crippen LogP) is 1.89. The van der Waals surface area contributed by atoms with Gasteiger partial charge in [-0.25, -0.2) is 4.68 Å². The fraction of sp³-hybridized carbons (Fsp3) is 0.250.